The number of halogens is 1. The third-order valence-corrected chi connectivity index (χ3v) is 5.09. The second kappa shape index (κ2) is 7.30. The highest BCUT2D eigenvalue weighted by Gasteiger charge is 2.22. The van der Waals surface area contributed by atoms with Crippen LogP contribution in [0.1, 0.15) is 5.56 Å². The third-order valence-electron chi connectivity index (χ3n) is 4.84. The Hall–Kier alpha value is -2.66. The van der Waals surface area contributed by atoms with Crippen molar-refractivity contribution in [3.63, 3.8) is 0 Å². The van der Waals surface area contributed by atoms with Crippen LogP contribution >= 0.6 is 11.6 Å². The van der Waals surface area contributed by atoms with Crippen LogP contribution in [0.2, 0.25) is 5.02 Å². The van der Waals surface area contributed by atoms with Crippen molar-refractivity contribution >= 4 is 34.2 Å². The summed E-state index contributed by atoms with van der Waals surface area (Å²) in [5.41, 5.74) is 3.41. The van der Waals surface area contributed by atoms with Gasteiger partial charge in [-0.3, -0.25) is 0 Å². The van der Waals surface area contributed by atoms with E-state index in [2.05, 4.69) is 39.5 Å². The van der Waals surface area contributed by atoms with Crippen LogP contribution in [-0.4, -0.2) is 42.1 Å². The quantitative estimate of drug-likeness (QED) is 0.737. The molecular formula is C20H21ClN4O. The molecule has 3 aromatic rings. The number of nitrogens with zero attached hydrogens (tertiary/aromatic N) is 2. The number of hydrogen-bond acceptors (Lipinski definition) is 2. The SMILES string of the molecule is O=C(NCc1ccc(Cl)cc1)N1CCN(c2cccc3[nH]ccc23)CC1. The summed E-state index contributed by atoms with van der Waals surface area (Å²) in [5, 5.41) is 4.92. The number of benzene rings is 2. The number of fused-ring (bicyclic) bond motifs is 1. The predicted molar refractivity (Wildman–Crippen MR) is 106 cm³/mol. The summed E-state index contributed by atoms with van der Waals surface area (Å²) in [6, 6.07) is 15.9. The van der Waals surface area contributed by atoms with E-state index in [9.17, 15) is 4.79 Å². The Balaban J connectivity index is 1.33. The van der Waals surface area contributed by atoms with Crippen molar-refractivity contribution in [2.24, 2.45) is 0 Å². The van der Waals surface area contributed by atoms with Gasteiger partial charge in [0, 0.05) is 60.5 Å². The van der Waals surface area contributed by atoms with Crippen LogP contribution in [0.25, 0.3) is 10.9 Å². The number of rotatable bonds is 3. The number of H-pyrrole nitrogens is 1. The van der Waals surface area contributed by atoms with Crippen molar-refractivity contribution < 1.29 is 4.79 Å². The molecular weight excluding hydrogens is 348 g/mol. The Kier molecular flexibility index (Phi) is 4.71. The van der Waals surface area contributed by atoms with E-state index >= 15 is 0 Å². The van der Waals surface area contributed by atoms with Gasteiger partial charge in [-0.25, -0.2) is 4.79 Å². The van der Waals surface area contributed by atoms with Crippen molar-refractivity contribution in [3.8, 4) is 0 Å². The van der Waals surface area contributed by atoms with E-state index in [1.165, 1.54) is 11.1 Å². The topological polar surface area (TPSA) is 51.4 Å². The van der Waals surface area contributed by atoms with Gasteiger partial charge in [0.15, 0.2) is 0 Å². The lowest BCUT2D eigenvalue weighted by molar-refractivity contribution is 0.194. The zero-order valence-electron chi connectivity index (χ0n) is 14.4. The highest BCUT2D eigenvalue weighted by molar-refractivity contribution is 6.30. The van der Waals surface area contributed by atoms with E-state index in [0.29, 0.717) is 24.7 Å². The maximum absolute atomic E-state index is 12.4. The minimum Gasteiger partial charge on any atom is -0.367 e. The van der Waals surface area contributed by atoms with Gasteiger partial charge in [0.1, 0.15) is 0 Å². The summed E-state index contributed by atoms with van der Waals surface area (Å²) < 4.78 is 0. The summed E-state index contributed by atoms with van der Waals surface area (Å²) in [5.74, 6) is 0. The molecule has 0 radical (unpaired) electrons. The van der Waals surface area contributed by atoms with E-state index in [-0.39, 0.29) is 6.03 Å². The first-order chi connectivity index (χ1) is 12.7. The molecule has 26 heavy (non-hydrogen) atoms. The smallest absolute Gasteiger partial charge is 0.317 e. The van der Waals surface area contributed by atoms with Crippen LogP contribution in [0.15, 0.2) is 54.7 Å². The molecule has 0 unspecified atom stereocenters. The molecule has 2 amide bonds. The lowest BCUT2D eigenvalue weighted by Gasteiger charge is -2.36. The molecule has 0 bridgehead atoms. The predicted octanol–water partition coefficient (Wildman–Crippen LogP) is 3.85. The molecule has 2 aromatic carbocycles. The molecule has 0 aliphatic carbocycles. The number of carbonyl (C=O) groups is 1. The number of nitrogens with one attached hydrogen (secondary N) is 2. The van der Waals surface area contributed by atoms with Crippen LogP contribution in [0.4, 0.5) is 10.5 Å². The van der Waals surface area contributed by atoms with E-state index < -0.39 is 0 Å². The monoisotopic (exact) mass is 368 g/mol. The van der Waals surface area contributed by atoms with Crippen LogP contribution < -0.4 is 10.2 Å². The van der Waals surface area contributed by atoms with E-state index in [1.807, 2.05) is 35.4 Å². The van der Waals surface area contributed by atoms with Crippen molar-refractivity contribution in [1.29, 1.82) is 0 Å². The summed E-state index contributed by atoms with van der Waals surface area (Å²) in [7, 11) is 0. The largest absolute Gasteiger partial charge is 0.367 e. The Bertz CT molecular complexity index is 898. The van der Waals surface area contributed by atoms with Gasteiger partial charge in [-0.1, -0.05) is 29.8 Å². The Labute approximate surface area is 157 Å². The number of aromatic amines is 1. The number of urea groups is 1. The summed E-state index contributed by atoms with van der Waals surface area (Å²) in [6.07, 6.45) is 1.97. The van der Waals surface area contributed by atoms with Gasteiger partial charge < -0.3 is 20.1 Å². The average Bonchev–Trinajstić information content (AvgIpc) is 3.16. The number of carbonyl (C=O) groups excluding carboxylic acids is 1. The fourth-order valence-corrected chi connectivity index (χ4v) is 3.51. The Morgan fingerprint density at radius 3 is 2.58 bits per heavy atom. The first-order valence-electron chi connectivity index (χ1n) is 8.79. The fourth-order valence-electron chi connectivity index (χ4n) is 3.39. The fraction of sp³-hybridized carbons (Fsp3) is 0.250. The maximum Gasteiger partial charge on any atom is 0.317 e. The van der Waals surface area contributed by atoms with Gasteiger partial charge in [0.2, 0.25) is 0 Å². The number of piperazine rings is 1. The van der Waals surface area contributed by atoms with E-state index in [0.717, 1.165) is 24.2 Å². The zero-order chi connectivity index (χ0) is 17.9. The minimum absolute atomic E-state index is 0.0144. The minimum atomic E-state index is -0.0144. The van der Waals surface area contributed by atoms with Gasteiger partial charge in [-0.05, 0) is 35.9 Å². The maximum atomic E-state index is 12.4. The molecule has 0 spiro atoms. The van der Waals surface area contributed by atoms with Crippen LogP contribution in [0.5, 0.6) is 0 Å². The van der Waals surface area contributed by atoms with Crippen LogP contribution in [0.3, 0.4) is 0 Å². The zero-order valence-corrected chi connectivity index (χ0v) is 15.2. The summed E-state index contributed by atoms with van der Waals surface area (Å²) in [6.45, 7) is 3.61. The molecule has 1 fully saturated rings. The van der Waals surface area contributed by atoms with Gasteiger partial charge in [-0.15, -0.1) is 0 Å². The van der Waals surface area contributed by atoms with Gasteiger partial charge in [-0.2, -0.15) is 0 Å². The molecule has 1 aromatic heterocycles. The standard InChI is InChI=1S/C20H21ClN4O/c21-16-6-4-15(5-7-16)14-23-20(26)25-12-10-24(11-13-25)19-3-1-2-18-17(19)8-9-22-18/h1-9,22H,10-14H2,(H,23,26). The summed E-state index contributed by atoms with van der Waals surface area (Å²) >= 11 is 5.89. The highest BCUT2D eigenvalue weighted by Crippen LogP contribution is 2.26. The average molecular weight is 369 g/mol. The molecule has 4 rings (SSSR count). The molecule has 5 nitrogen and oxygen atoms in total. The molecule has 1 aliphatic rings. The van der Waals surface area contributed by atoms with E-state index in [4.69, 9.17) is 11.6 Å². The number of hydrogen-bond donors (Lipinski definition) is 2. The number of amides is 2. The molecule has 2 heterocycles. The van der Waals surface area contributed by atoms with Gasteiger partial charge in [0.05, 0.1) is 0 Å². The lowest BCUT2D eigenvalue weighted by atomic mass is 10.2. The van der Waals surface area contributed by atoms with Crippen LogP contribution in [0, 0.1) is 0 Å². The molecule has 6 heteroatoms. The first-order valence-corrected chi connectivity index (χ1v) is 9.17. The molecule has 0 atom stereocenters. The van der Waals surface area contributed by atoms with Crippen LogP contribution in [-0.2, 0) is 6.54 Å². The Morgan fingerprint density at radius 2 is 1.81 bits per heavy atom. The Morgan fingerprint density at radius 1 is 1.04 bits per heavy atom. The number of anilines is 1. The van der Waals surface area contributed by atoms with Crippen molar-refractivity contribution in [1.82, 2.24) is 15.2 Å². The lowest BCUT2D eigenvalue weighted by Crippen LogP contribution is -2.51. The van der Waals surface area contributed by atoms with Gasteiger partial charge in [0.25, 0.3) is 0 Å². The first kappa shape index (κ1) is 16.8. The normalized spacial score (nSPS) is 14.7. The molecule has 2 N–H and O–H groups in total. The van der Waals surface area contributed by atoms with Gasteiger partial charge >= 0.3 is 6.03 Å². The highest BCUT2D eigenvalue weighted by atomic mass is 35.5. The molecule has 0 saturated carbocycles. The van der Waals surface area contributed by atoms with Crippen molar-refractivity contribution in [2.75, 3.05) is 31.1 Å². The third kappa shape index (κ3) is 3.48. The molecule has 1 aliphatic heterocycles. The molecule has 1 saturated heterocycles. The van der Waals surface area contributed by atoms with Crippen molar-refractivity contribution in [2.45, 2.75) is 6.54 Å². The number of aromatic nitrogens is 1. The molecule has 134 valence electrons. The van der Waals surface area contributed by atoms with Crippen molar-refractivity contribution in [3.05, 3.63) is 65.3 Å². The van der Waals surface area contributed by atoms with E-state index in [1.54, 1.807) is 0 Å². The second-order valence-corrected chi connectivity index (χ2v) is 6.91. The second-order valence-electron chi connectivity index (χ2n) is 6.48. The summed E-state index contributed by atoms with van der Waals surface area (Å²) in [4.78, 5) is 19.9.